The number of Topliss-reactive ketones (excluding diaryl/α,β-unsaturated/α-hetero) is 1. The fourth-order valence-corrected chi connectivity index (χ4v) is 3.13. The minimum Gasteiger partial charge on any atom is -0.292 e. The maximum Gasteiger partial charge on any atom is 0.181 e. The molecular weight excluding hydrogens is 200 g/mol. The van der Waals surface area contributed by atoms with Crippen LogP contribution in [0.1, 0.15) is 66.3 Å². The molecule has 86 valence electrons. The zero-order valence-corrected chi connectivity index (χ0v) is 9.83. The molecule has 0 bridgehead atoms. The van der Waals surface area contributed by atoms with E-state index < -0.39 is 0 Å². The van der Waals surface area contributed by atoms with Crippen LogP contribution in [0.15, 0.2) is 0 Å². The van der Waals surface area contributed by atoms with Gasteiger partial charge in [0.2, 0.25) is 0 Å². The number of hydrogen-bond donors (Lipinski definition) is 0. The SMILES string of the molecule is Cc1nn(C2CCCC2)c2c1CCCC2=O. The number of carbonyl (C=O) groups excluding carboxylic acids is 1. The lowest BCUT2D eigenvalue weighted by Crippen LogP contribution is -2.18. The van der Waals surface area contributed by atoms with Crippen molar-refractivity contribution in [3.05, 3.63) is 17.0 Å². The van der Waals surface area contributed by atoms with E-state index in [0.29, 0.717) is 18.2 Å². The van der Waals surface area contributed by atoms with Crippen molar-refractivity contribution < 1.29 is 4.79 Å². The van der Waals surface area contributed by atoms with Crippen LogP contribution in [0.25, 0.3) is 0 Å². The Morgan fingerprint density at radius 1 is 1.19 bits per heavy atom. The molecule has 2 aliphatic rings. The second kappa shape index (κ2) is 3.72. The molecule has 1 saturated carbocycles. The van der Waals surface area contributed by atoms with Crippen LogP contribution in [0.2, 0.25) is 0 Å². The number of hydrogen-bond acceptors (Lipinski definition) is 2. The molecule has 1 heterocycles. The van der Waals surface area contributed by atoms with Crippen molar-refractivity contribution in [1.82, 2.24) is 9.78 Å². The minimum absolute atomic E-state index is 0.314. The van der Waals surface area contributed by atoms with E-state index >= 15 is 0 Å². The molecule has 1 aromatic rings. The van der Waals surface area contributed by atoms with Gasteiger partial charge in [-0.3, -0.25) is 9.48 Å². The summed E-state index contributed by atoms with van der Waals surface area (Å²) in [6, 6.07) is 0.490. The number of nitrogens with zero attached hydrogens (tertiary/aromatic N) is 2. The zero-order valence-electron chi connectivity index (χ0n) is 9.83. The summed E-state index contributed by atoms with van der Waals surface area (Å²) in [6.45, 7) is 2.04. The van der Waals surface area contributed by atoms with Gasteiger partial charge in [0.1, 0.15) is 5.69 Å². The molecule has 0 aromatic carbocycles. The predicted octanol–water partition coefficient (Wildman–Crippen LogP) is 2.83. The molecule has 0 radical (unpaired) electrons. The molecule has 0 spiro atoms. The Morgan fingerprint density at radius 3 is 2.69 bits per heavy atom. The van der Waals surface area contributed by atoms with Gasteiger partial charge in [-0.15, -0.1) is 0 Å². The molecule has 0 unspecified atom stereocenters. The average molecular weight is 218 g/mol. The smallest absolute Gasteiger partial charge is 0.181 e. The van der Waals surface area contributed by atoms with Crippen LogP contribution in [-0.4, -0.2) is 15.6 Å². The first-order valence-electron chi connectivity index (χ1n) is 6.38. The second-order valence-electron chi connectivity index (χ2n) is 5.07. The predicted molar refractivity (Wildman–Crippen MR) is 61.7 cm³/mol. The summed E-state index contributed by atoms with van der Waals surface area (Å²) in [4.78, 5) is 12.0. The lowest BCUT2D eigenvalue weighted by atomic mass is 9.94. The van der Waals surface area contributed by atoms with Crippen molar-refractivity contribution >= 4 is 5.78 Å². The van der Waals surface area contributed by atoms with Crippen molar-refractivity contribution in [3.63, 3.8) is 0 Å². The van der Waals surface area contributed by atoms with Crippen molar-refractivity contribution in [3.8, 4) is 0 Å². The maximum atomic E-state index is 12.0. The van der Waals surface area contributed by atoms with E-state index in [0.717, 1.165) is 24.2 Å². The molecule has 0 amide bonds. The Hall–Kier alpha value is -1.12. The Morgan fingerprint density at radius 2 is 1.94 bits per heavy atom. The fraction of sp³-hybridized carbons (Fsp3) is 0.692. The third-order valence-electron chi connectivity index (χ3n) is 3.97. The van der Waals surface area contributed by atoms with Gasteiger partial charge < -0.3 is 0 Å². The first kappa shape index (κ1) is 10.1. The van der Waals surface area contributed by atoms with Gasteiger partial charge in [0.05, 0.1) is 11.7 Å². The summed E-state index contributed by atoms with van der Waals surface area (Å²) in [5, 5.41) is 4.62. The van der Waals surface area contributed by atoms with E-state index in [1.165, 1.54) is 31.2 Å². The van der Waals surface area contributed by atoms with Crippen LogP contribution < -0.4 is 0 Å². The lowest BCUT2D eigenvalue weighted by molar-refractivity contribution is 0.0959. The van der Waals surface area contributed by atoms with Gasteiger partial charge in [-0.2, -0.15) is 5.10 Å². The van der Waals surface area contributed by atoms with Crippen LogP contribution >= 0.6 is 0 Å². The normalized spacial score (nSPS) is 21.4. The number of rotatable bonds is 1. The minimum atomic E-state index is 0.314. The quantitative estimate of drug-likeness (QED) is 0.726. The van der Waals surface area contributed by atoms with E-state index in [4.69, 9.17) is 0 Å². The highest BCUT2D eigenvalue weighted by Gasteiger charge is 2.29. The van der Waals surface area contributed by atoms with Crippen LogP contribution in [0, 0.1) is 6.92 Å². The Labute approximate surface area is 95.8 Å². The molecule has 1 fully saturated rings. The van der Waals surface area contributed by atoms with Crippen LogP contribution in [0.4, 0.5) is 0 Å². The van der Waals surface area contributed by atoms with Gasteiger partial charge in [-0.25, -0.2) is 0 Å². The summed E-state index contributed by atoms with van der Waals surface area (Å²) >= 11 is 0. The largest absolute Gasteiger partial charge is 0.292 e. The molecule has 3 heteroatoms. The first-order chi connectivity index (χ1) is 7.77. The molecule has 2 aliphatic carbocycles. The number of aromatic nitrogens is 2. The summed E-state index contributed by atoms with van der Waals surface area (Å²) in [5.41, 5.74) is 3.24. The lowest BCUT2D eigenvalue weighted by Gasteiger charge is -2.17. The average Bonchev–Trinajstić information content (AvgIpc) is 2.87. The second-order valence-corrected chi connectivity index (χ2v) is 5.07. The highest BCUT2D eigenvalue weighted by atomic mass is 16.1. The van der Waals surface area contributed by atoms with Crippen molar-refractivity contribution in [1.29, 1.82) is 0 Å². The highest BCUT2D eigenvalue weighted by Crippen LogP contribution is 2.33. The van der Waals surface area contributed by atoms with E-state index in [1.54, 1.807) is 0 Å². The van der Waals surface area contributed by atoms with Crippen molar-refractivity contribution in [2.24, 2.45) is 0 Å². The molecule has 3 rings (SSSR count). The molecule has 3 nitrogen and oxygen atoms in total. The topological polar surface area (TPSA) is 34.9 Å². The molecular formula is C13H18N2O. The van der Waals surface area contributed by atoms with E-state index in [1.807, 2.05) is 6.92 Å². The summed E-state index contributed by atoms with van der Waals surface area (Å²) in [6.07, 6.45) is 7.72. The zero-order chi connectivity index (χ0) is 11.1. The Kier molecular flexibility index (Phi) is 2.34. The molecule has 0 aliphatic heterocycles. The van der Waals surface area contributed by atoms with Gasteiger partial charge in [0, 0.05) is 12.0 Å². The van der Waals surface area contributed by atoms with Gasteiger partial charge in [-0.1, -0.05) is 12.8 Å². The first-order valence-corrected chi connectivity index (χ1v) is 6.38. The maximum absolute atomic E-state index is 12.0. The van der Waals surface area contributed by atoms with Gasteiger partial charge in [0.15, 0.2) is 5.78 Å². The van der Waals surface area contributed by atoms with Crippen LogP contribution in [0.5, 0.6) is 0 Å². The van der Waals surface area contributed by atoms with Crippen LogP contribution in [0.3, 0.4) is 0 Å². The van der Waals surface area contributed by atoms with Gasteiger partial charge in [0.25, 0.3) is 0 Å². The van der Waals surface area contributed by atoms with E-state index in [9.17, 15) is 4.79 Å². The van der Waals surface area contributed by atoms with Gasteiger partial charge in [-0.05, 0) is 32.6 Å². The molecule has 0 saturated heterocycles. The number of ketones is 1. The fourth-order valence-electron chi connectivity index (χ4n) is 3.13. The number of aryl methyl sites for hydroxylation is 1. The van der Waals surface area contributed by atoms with E-state index in [-0.39, 0.29) is 0 Å². The van der Waals surface area contributed by atoms with Crippen molar-refractivity contribution in [2.75, 3.05) is 0 Å². The molecule has 16 heavy (non-hydrogen) atoms. The Bertz CT molecular complexity index is 427. The monoisotopic (exact) mass is 218 g/mol. The Balaban J connectivity index is 2.07. The molecule has 1 aromatic heterocycles. The number of fused-ring (bicyclic) bond motifs is 1. The third-order valence-corrected chi connectivity index (χ3v) is 3.97. The summed E-state index contributed by atoms with van der Waals surface area (Å²) in [5.74, 6) is 0.314. The summed E-state index contributed by atoms with van der Waals surface area (Å²) in [7, 11) is 0. The van der Waals surface area contributed by atoms with E-state index in [2.05, 4.69) is 9.78 Å². The standard InChI is InChI=1S/C13H18N2O/c1-9-11-7-4-8-12(16)13(11)15(14-9)10-5-2-3-6-10/h10H,2-8H2,1H3. The van der Waals surface area contributed by atoms with Gasteiger partial charge >= 0.3 is 0 Å². The summed E-state index contributed by atoms with van der Waals surface area (Å²) < 4.78 is 2.05. The van der Waals surface area contributed by atoms with Crippen molar-refractivity contribution in [2.45, 2.75) is 57.9 Å². The third kappa shape index (κ3) is 1.41. The molecule has 0 atom stereocenters. The number of carbonyl (C=O) groups is 1. The highest BCUT2D eigenvalue weighted by molar-refractivity contribution is 5.97. The van der Waals surface area contributed by atoms with Crippen LogP contribution in [-0.2, 0) is 6.42 Å². The molecule has 0 N–H and O–H groups in total.